The standard InChI is InChI=1S/C20H27N3OS/c1-15-5-6-18(12-16(15)2)22-20(24)21-13-17-7-9-23(10-8-17)14-19-4-3-11-25-19/h3-6,11-12,17H,7-10,13-14H2,1-2H3,(H2,21,22,24). The monoisotopic (exact) mass is 357 g/mol. The lowest BCUT2D eigenvalue weighted by Crippen LogP contribution is -2.39. The first kappa shape index (κ1) is 18.0. The van der Waals surface area contributed by atoms with Gasteiger partial charge in [-0.25, -0.2) is 4.79 Å². The number of urea groups is 1. The molecule has 1 aliphatic heterocycles. The minimum absolute atomic E-state index is 0.107. The highest BCUT2D eigenvalue weighted by Crippen LogP contribution is 2.20. The summed E-state index contributed by atoms with van der Waals surface area (Å²) in [5, 5.41) is 8.10. The van der Waals surface area contributed by atoms with Crippen LogP contribution in [0.1, 0.15) is 28.8 Å². The number of rotatable bonds is 5. The summed E-state index contributed by atoms with van der Waals surface area (Å²) < 4.78 is 0. The van der Waals surface area contributed by atoms with E-state index in [1.807, 2.05) is 29.5 Å². The highest BCUT2D eigenvalue weighted by Gasteiger charge is 2.20. The largest absolute Gasteiger partial charge is 0.338 e. The Hall–Kier alpha value is -1.85. The first-order chi connectivity index (χ1) is 12.1. The first-order valence-corrected chi connectivity index (χ1v) is 9.85. The lowest BCUT2D eigenvalue weighted by Gasteiger charge is -2.31. The number of anilines is 1. The number of nitrogens with zero attached hydrogens (tertiary/aromatic N) is 1. The molecule has 2 amide bonds. The van der Waals surface area contributed by atoms with Gasteiger partial charge in [0, 0.05) is 23.7 Å². The van der Waals surface area contributed by atoms with Crippen LogP contribution in [0.4, 0.5) is 10.5 Å². The third-order valence-electron chi connectivity index (χ3n) is 4.98. The number of nitrogens with one attached hydrogen (secondary N) is 2. The van der Waals surface area contributed by atoms with Crippen LogP contribution >= 0.6 is 11.3 Å². The SMILES string of the molecule is Cc1ccc(NC(=O)NCC2CCN(Cc3cccs3)CC2)cc1C. The van der Waals surface area contributed by atoms with Gasteiger partial charge in [0.05, 0.1) is 0 Å². The van der Waals surface area contributed by atoms with Crippen molar-refractivity contribution in [1.82, 2.24) is 10.2 Å². The van der Waals surface area contributed by atoms with Crippen molar-refractivity contribution in [3.63, 3.8) is 0 Å². The molecule has 1 aliphatic rings. The molecule has 0 aliphatic carbocycles. The Labute approximate surface area is 154 Å². The van der Waals surface area contributed by atoms with Crippen molar-refractivity contribution < 1.29 is 4.79 Å². The average Bonchev–Trinajstić information content (AvgIpc) is 3.11. The van der Waals surface area contributed by atoms with Crippen molar-refractivity contribution in [1.29, 1.82) is 0 Å². The second-order valence-electron chi connectivity index (χ2n) is 6.93. The summed E-state index contributed by atoms with van der Waals surface area (Å²) >= 11 is 1.83. The summed E-state index contributed by atoms with van der Waals surface area (Å²) in [4.78, 5) is 16.0. The Kier molecular flexibility index (Phi) is 6.10. The molecule has 1 aromatic heterocycles. The van der Waals surface area contributed by atoms with Crippen LogP contribution < -0.4 is 10.6 Å². The number of carbonyl (C=O) groups is 1. The van der Waals surface area contributed by atoms with E-state index >= 15 is 0 Å². The van der Waals surface area contributed by atoms with Crippen LogP contribution in [-0.4, -0.2) is 30.6 Å². The maximum atomic E-state index is 12.1. The highest BCUT2D eigenvalue weighted by atomic mass is 32.1. The summed E-state index contributed by atoms with van der Waals surface area (Å²) in [5.41, 5.74) is 3.28. The van der Waals surface area contributed by atoms with E-state index in [1.165, 1.54) is 16.0 Å². The van der Waals surface area contributed by atoms with Crippen LogP contribution in [0, 0.1) is 19.8 Å². The van der Waals surface area contributed by atoms with Crippen LogP contribution in [0.2, 0.25) is 0 Å². The molecule has 4 nitrogen and oxygen atoms in total. The van der Waals surface area contributed by atoms with Gasteiger partial charge in [0.15, 0.2) is 0 Å². The molecule has 1 aromatic carbocycles. The number of amides is 2. The van der Waals surface area contributed by atoms with Crippen molar-refractivity contribution in [3.05, 3.63) is 51.7 Å². The molecule has 0 bridgehead atoms. The van der Waals surface area contributed by atoms with Crippen molar-refractivity contribution in [2.45, 2.75) is 33.2 Å². The molecule has 5 heteroatoms. The Balaban J connectivity index is 1.37. The molecule has 0 atom stereocenters. The van der Waals surface area contributed by atoms with Gasteiger partial charge in [0.25, 0.3) is 0 Å². The van der Waals surface area contributed by atoms with Crippen molar-refractivity contribution in [2.75, 3.05) is 25.0 Å². The van der Waals surface area contributed by atoms with Crippen LogP contribution in [0.15, 0.2) is 35.7 Å². The second kappa shape index (κ2) is 8.50. The van der Waals surface area contributed by atoms with E-state index < -0.39 is 0 Å². The summed E-state index contributed by atoms with van der Waals surface area (Å²) in [5.74, 6) is 0.574. The number of aryl methyl sites for hydroxylation is 2. The lowest BCUT2D eigenvalue weighted by molar-refractivity contribution is 0.177. The number of carbonyl (C=O) groups excluding carboxylic acids is 1. The summed E-state index contributed by atoms with van der Waals surface area (Å²) in [6.07, 6.45) is 2.30. The summed E-state index contributed by atoms with van der Waals surface area (Å²) in [6.45, 7) is 8.17. The van der Waals surface area contributed by atoms with Gasteiger partial charge < -0.3 is 10.6 Å². The van der Waals surface area contributed by atoms with Gasteiger partial charge in [0.1, 0.15) is 0 Å². The molecule has 2 aromatic rings. The normalized spacial score (nSPS) is 15.9. The number of thiophene rings is 1. The Morgan fingerprint density at radius 2 is 2.00 bits per heavy atom. The number of hydrogen-bond acceptors (Lipinski definition) is 3. The fourth-order valence-corrected chi connectivity index (χ4v) is 3.95. The third kappa shape index (κ3) is 5.31. The Morgan fingerprint density at radius 1 is 1.20 bits per heavy atom. The van der Waals surface area contributed by atoms with Crippen LogP contribution in [0.5, 0.6) is 0 Å². The molecular formula is C20H27N3OS. The predicted molar refractivity (Wildman–Crippen MR) is 105 cm³/mol. The number of benzene rings is 1. The minimum Gasteiger partial charge on any atom is -0.338 e. The number of piperidine rings is 1. The third-order valence-corrected chi connectivity index (χ3v) is 5.84. The van der Waals surface area contributed by atoms with E-state index in [0.29, 0.717) is 5.92 Å². The molecule has 2 heterocycles. The van der Waals surface area contributed by atoms with E-state index in [-0.39, 0.29) is 6.03 Å². The fourth-order valence-electron chi connectivity index (χ4n) is 3.20. The highest BCUT2D eigenvalue weighted by molar-refractivity contribution is 7.09. The first-order valence-electron chi connectivity index (χ1n) is 8.97. The molecule has 0 unspecified atom stereocenters. The van der Waals surface area contributed by atoms with Crippen molar-refractivity contribution in [2.24, 2.45) is 5.92 Å². The minimum atomic E-state index is -0.107. The zero-order valence-corrected chi connectivity index (χ0v) is 15.9. The summed E-state index contributed by atoms with van der Waals surface area (Å²) in [7, 11) is 0. The van der Waals surface area contributed by atoms with E-state index in [9.17, 15) is 4.79 Å². The molecule has 3 rings (SSSR count). The molecule has 25 heavy (non-hydrogen) atoms. The maximum absolute atomic E-state index is 12.1. The zero-order chi connectivity index (χ0) is 17.6. The molecule has 0 radical (unpaired) electrons. The van der Waals surface area contributed by atoms with E-state index in [0.717, 1.165) is 44.7 Å². The molecule has 134 valence electrons. The van der Waals surface area contributed by atoms with Crippen LogP contribution in [0.25, 0.3) is 0 Å². The van der Waals surface area contributed by atoms with Gasteiger partial charge in [-0.2, -0.15) is 0 Å². The fraction of sp³-hybridized carbons (Fsp3) is 0.450. The number of hydrogen-bond donors (Lipinski definition) is 2. The summed E-state index contributed by atoms with van der Waals surface area (Å²) in [6, 6.07) is 10.2. The second-order valence-corrected chi connectivity index (χ2v) is 7.97. The van der Waals surface area contributed by atoms with E-state index in [1.54, 1.807) is 0 Å². The van der Waals surface area contributed by atoms with Gasteiger partial charge in [-0.05, 0) is 80.4 Å². The molecule has 2 N–H and O–H groups in total. The maximum Gasteiger partial charge on any atom is 0.319 e. The topological polar surface area (TPSA) is 44.4 Å². The van der Waals surface area contributed by atoms with Crippen molar-refractivity contribution in [3.8, 4) is 0 Å². The zero-order valence-electron chi connectivity index (χ0n) is 15.0. The van der Waals surface area contributed by atoms with Gasteiger partial charge >= 0.3 is 6.03 Å². The van der Waals surface area contributed by atoms with Crippen molar-refractivity contribution >= 4 is 23.1 Å². The smallest absolute Gasteiger partial charge is 0.319 e. The van der Waals surface area contributed by atoms with Crippen LogP contribution in [0.3, 0.4) is 0 Å². The predicted octanol–water partition coefficient (Wildman–Crippen LogP) is 4.40. The molecule has 1 saturated heterocycles. The number of likely N-dealkylation sites (tertiary alicyclic amines) is 1. The average molecular weight is 358 g/mol. The van der Waals surface area contributed by atoms with Gasteiger partial charge in [-0.15, -0.1) is 11.3 Å². The quantitative estimate of drug-likeness (QED) is 0.833. The molecular weight excluding hydrogens is 330 g/mol. The van der Waals surface area contributed by atoms with E-state index in [2.05, 4.69) is 46.9 Å². The lowest BCUT2D eigenvalue weighted by atomic mass is 9.97. The Bertz CT molecular complexity index is 691. The molecule has 0 spiro atoms. The van der Waals surface area contributed by atoms with Gasteiger partial charge in [-0.3, -0.25) is 4.90 Å². The van der Waals surface area contributed by atoms with E-state index in [4.69, 9.17) is 0 Å². The molecule has 0 saturated carbocycles. The van der Waals surface area contributed by atoms with Gasteiger partial charge in [0.2, 0.25) is 0 Å². The van der Waals surface area contributed by atoms with Gasteiger partial charge in [-0.1, -0.05) is 12.1 Å². The molecule has 1 fully saturated rings. The Morgan fingerprint density at radius 3 is 2.68 bits per heavy atom. The van der Waals surface area contributed by atoms with Crippen LogP contribution in [-0.2, 0) is 6.54 Å².